The first-order chi connectivity index (χ1) is 12.4. The predicted octanol–water partition coefficient (Wildman–Crippen LogP) is 1.83. The molecule has 26 heavy (non-hydrogen) atoms. The molecule has 8 heteroatoms. The molecular formula is C18H23N5O3. The Bertz CT molecular complexity index is 861. The Labute approximate surface area is 151 Å². The number of carbonyl (C=O) groups is 2. The highest BCUT2D eigenvalue weighted by molar-refractivity contribution is 5.93. The third kappa shape index (κ3) is 3.02. The van der Waals surface area contributed by atoms with Gasteiger partial charge in [-0.1, -0.05) is 12.5 Å². The fourth-order valence-corrected chi connectivity index (χ4v) is 3.17. The van der Waals surface area contributed by atoms with E-state index in [1.807, 2.05) is 19.1 Å². The van der Waals surface area contributed by atoms with Gasteiger partial charge in [-0.3, -0.25) is 4.79 Å². The van der Waals surface area contributed by atoms with Crippen LogP contribution in [0.5, 0.6) is 5.88 Å². The molecule has 1 aliphatic rings. The fraction of sp³-hybridized carbons (Fsp3) is 0.444. The van der Waals surface area contributed by atoms with Crippen LogP contribution in [0, 0.1) is 0 Å². The van der Waals surface area contributed by atoms with E-state index in [4.69, 9.17) is 10.5 Å². The number of aromatic nitrogens is 2. The van der Waals surface area contributed by atoms with Gasteiger partial charge in [0, 0.05) is 20.6 Å². The average Bonchev–Trinajstić information content (AvgIpc) is 2.54. The third-order valence-electron chi connectivity index (χ3n) is 4.76. The number of nitrogens with zero attached hydrogens (tertiary/aromatic N) is 3. The lowest BCUT2D eigenvalue weighted by atomic mass is 9.63. The second kappa shape index (κ2) is 6.78. The number of ether oxygens (including phenoxy) is 1. The Hall–Kier alpha value is -2.90. The van der Waals surface area contributed by atoms with Crippen molar-refractivity contribution in [1.29, 1.82) is 0 Å². The Kier molecular flexibility index (Phi) is 4.67. The van der Waals surface area contributed by atoms with Gasteiger partial charge in [0.15, 0.2) is 0 Å². The molecule has 0 radical (unpaired) electrons. The minimum absolute atomic E-state index is 0.0220. The van der Waals surface area contributed by atoms with Gasteiger partial charge < -0.3 is 20.7 Å². The van der Waals surface area contributed by atoms with Gasteiger partial charge in [0.2, 0.25) is 17.7 Å². The van der Waals surface area contributed by atoms with Crippen molar-refractivity contribution in [2.45, 2.75) is 31.6 Å². The minimum atomic E-state index is -0.558. The number of anilines is 1. The molecule has 8 nitrogen and oxygen atoms in total. The van der Waals surface area contributed by atoms with Crippen LogP contribution in [0.3, 0.4) is 0 Å². The van der Waals surface area contributed by atoms with Crippen molar-refractivity contribution in [3.8, 4) is 5.88 Å². The summed E-state index contributed by atoms with van der Waals surface area (Å²) in [6.07, 6.45) is 2.01. The molecule has 2 aromatic rings. The summed E-state index contributed by atoms with van der Waals surface area (Å²) in [7, 11) is 3.16. The van der Waals surface area contributed by atoms with Crippen LogP contribution >= 0.6 is 0 Å². The Balaban J connectivity index is 2.08. The molecule has 1 aromatic heterocycles. The zero-order valence-electron chi connectivity index (χ0n) is 15.2. The van der Waals surface area contributed by atoms with Gasteiger partial charge in [0.25, 0.3) is 0 Å². The molecule has 0 aliphatic heterocycles. The van der Waals surface area contributed by atoms with Crippen molar-refractivity contribution >= 4 is 28.9 Å². The molecule has 3 N–H and O–H groups in total. The van der Waals surface area contributed by atoms with Gasteiger partial charge in [-0.05, 0) is 37.5 Å². The zero-order valence-corrected chi connectivity index (χ0v) is 15.2. The SMILES string of the molecule is CCNC(=O)C1(c2ccc3nc(N)nc(OC(=O)N(C)C)c3c2)CCC1. The Morgan fingerprint density at radius 2 is 2.04 bits per heavy atom. The molecule has 1 fully saturated rings. The summed E-state index contributed by atoms with van der Waals surface area (Å²) in [6.45, 7) is 2.49. The van der Waals surface area contributed by atoms with E-state index in [1.54, 1.807) is 20.2 Å². The number of hydrogen-bond acceptors (Lipinski definition) is 6. The zero-order chi connectivity index (χ0) is 18.9. The van der Waals surface area contributed by atoms with Crippen LogP contribution in [0.1, 0.15) is 31.7 Å². The second-order valence-corrected chi connectivity index (χ2v) is 6.68. The molecule has 0 saturated heterocycles. The van der Waals surface area contributed by atoms with E-state index in [2.05, 4.69) is 15.3 Å². The molecule has 138 valence electrons. The van der Waals surface area contributed by atoms with E-state index in [-0.39, 0.29) is 17.7 Å². The lowest BCUT2D eigenvalue weighted by Crippen LogP contribution is -2.49. The second-order valence-electron chi connectivity index (χ2n) is 6.68. The van der Waals surface area contributed by atoms with Crippen molar-refractivity contribution < 1.29 is 14.3 Å². The molecule has 0 spiro atoms. The van der Waals surface area contributed by atoms with E-state index >= 15 is 0 Å². The molecular weight excluding hydrogens is 334 g/mol. The number of nitrogens with one attached hydrogen (secondary N) is 1. The fourth-order valence-electron chi connectivity index (χ4n) is 3.17. The number of carbonyl (C=O) groups excluding carboxylic acids is 2. The van der Waals surface area contributed by atoms with Crippen molar-refractivity contribution in [2.75, 3.05) is 26.4 Å². The van der Waals surface area contributed by atoms with Crippen LogP contribution in [0.25, 0.3) is 10.9 Å². The summed E-state index contributed by atoms with van der Waals surface area (Å²) in [4.78, 5) is 34.2. The number of amides is 2. The minimum Gasteiger partial charge on any atom is -0.390 e. The standard InChI is InChI=1S/C18H23N5O3/c1-4-20-15(24)18(8-5-9-18)11-6-7-13-12(10-11)14(22-16(19)21-13)26-17(25)23(2)3/h6-7,10H,4-5,8-9H2,1-3H3,(H,20,24)(H2,19,21,22). The molecule has 2 amide bonds. The highest BCUT2D eigenvalue weighted by atomic mass is 16.6. The van der Waals surface area contributed by atoms with Crippen molar-refractivity contribution in [3.05, 3.63) is 23.8 Å². The van der Waals surface area contributed by atoms with E-state index in [9.17, 15) is 9.59 Å². The van der Waals surface area contributed by atoms with Crippen LogP contribution in [-0.4, -0.2) is 47.5 Å². The van der Waals surface area contributed by atoms with Gasteiger partial charge in [0.1, 0.15) is 0 Å². The first-order valence-electron chi connectivity index (χ1n) is 8.62. The average molecular weight is 357 g/mol. The first-order valence-corrected chi connectivity index (χ1v) is 8.62. The summed E-state index contributed by atoms with van der Waals surface area (Å²) >= 11 is 0. The number of fused-ring (bicyclic) bond motifs is 1. The molecule has 0 bridgehead atoms. The highest BCUT2D eigenvalue weighted by Gasteiger charge is 2.45. The summed E-state index contributed by atoms with van der Waals surface area (Å²) < 4.78 is 5.35. The number of hydrogen-bond donors (Lipinski definition) is 2. The lowest BCUT2D eigenvalue weighted by molar-refractivity contribution is -0.129. The van der Waals surface area contributed by atoms with Gasteiger partial charge in [-0.25, -0.2) is 9.78 Å². The quantitative estimate of drug-likeness (QED) is 0.864. The summed E-state index contributed by atoms with van der Waals surface area (Å²) in [6, 6.07) is 5.51. The lowest BCUT2D eigenvalue weighted by Gasteiger charge is -2.40. The summed E-state index contributed by atoms with van der Waals surface area (Å²) in [5.41, 5.74) is 6.62. The molecule has 0 atom stereocenters. The number of likely N-dealkylation sites (N-methyl/N-ethyl adjacent to an activating group) is 1. The molecule has 3 rings (SSSR count). The number of nitrogens with two attached hydrogens (primary N) is 1. The van der Waals surface area contributed by atoms with Crippen LogP contribution in [-0.2, 0) is 10.2 Å². The highest BCUT2D eigenvalue weighted by Crippen LogP contribution is 2.45. The summed E-state index contributed by atoms with van der Waals surface area (Å²) in [5.74, 6) is 0.140. The molecule has 1 aliphatic carbocycles. The maximum Gasteiger partial charge on any atom is 0.416 e. The predicted molar refractivity (Wildman–Crippen MR) is 97.9 cm³/mol. The Morgan fingerprint density at radius 3 is 2.62 bits per heavy atom. The maximum absolute atomic E-state index is 12.6. The summed E-state index contributed by atoms with van der Waals surface area (Å²) in [5, 5.41) is 3.48. The van der Waals surface area contributed by atoms with Gasteiger partial charge >= 0.3 is 6.09 Å². The smallest absolute Gasteiger partial charge is 0.390 e. The number of rotatable bonds is 4. The topological polar surface area (TPSA) is 110 Å². The van der Waals surface area contributed by atoms with Crippen LogP contribution in [0.2, 0.25) is 0 Å². The van der Waals surface area contributed by atoms with Crippen LogP contribution in [0.15, 0.2) is 18.2 Å². The van der Waals surface area contributed by atoms with E-state index in [0.717, 1.165) is 24.8 Å². The maximum atomic E-state index is 12.6. The largest absolute Gasteiger partial charge is 0.416 e. The Morgan fingerprint density at radius 1 is 1.31 bits per heavy atom. The van der Waals surface area contributed by atoms with E-state index in [1.165, 1.54) is 4.90 Å². The van der Waals surface area contributed by atoms with Crippen molar-refractivity contribution in [2.24, 2.45) is 0 Å². The van der Waals surface area contributed by atoms with Crippen LogP contribution < -0.4 is 15.8 Å². The molecule has 1 heterocycles. The molecule has 0 unspecified atom stereocenters. The number of benzene rings is 1. The van der Waals surface area contributed by atoms with E-state index in [0.29, 0.717) is 17.4 Å². The normalized spacial score (nSPS) is 15.2. The molecule has 1 saturated carbocycles. The van der Waals surface area contributed by atoms with Gasteiger partial charge in [-0.2, -0.15) is 4.98 Å². The third-order valence-corrected chi connectivity index (χ3v) is 4.76. The van der Waals surface area contributed by atoms with Gasteiger partial charge in [-0.15, -0.1) is 0 Å². The number of nitrogen functional groups attached to an aromatic ring is 1. The van der Waals surface area contributed by atoms with Crippen molar-refractivity contribution in [1.82, 2.24) is 20.2 Å². The molecule has 1 aromatic carbocycles. The van der Waals surface area contributed by atoms with E-state index < -0.39 is 11.5 Å². The first kappa shape index (κ1) is 17.9. The van der Waals surface area contributed by atoms with Crippen molar-refractivity contribution in [3.63, 3.8) is 0 Å². The van der Waals surface area contributed by atoms with Gasteiger partial charge in [0.05, 0.1) is 16.3 Å². The monoisotopic (exact) mass is 357 g/mol. The van der Waals surface area contributed by atoms with Crippen LogP contribution in [0.4, 0.5) is 10.7 Å².